The van der Waals surface area contributed by atoms with Crippen molar-refractivity contribution in [3.05, 3.63) is 11.6 Å². The topological polar surface area (TPSA) is 56.2 Å². The van der Waals surface area contributed by atoms with Gasteiger partial charge in [0.2, 0.25) is 0 Å². The van der Waals surface area contributed by atoms with Gasteiger partial charge in [0.25, 0.3) is 0 Å². The normalized spacial score (nSPS) is 25.0. The van der Waals surface area contributed by atoms with Gasteiger partial charge in [-0.3, -0.25) is 9.80 Å². The summed E-state index contributed by atoms with van der Waals surface area (Å²) in [7, 11) is 0. The molecule has 0 saturated carbocycles. The van der Waals surface area contributed by atoms with E-state index in [1.165, 1.54) is 5.57 Å². The molecule has 5 heteroatoms. The van der Waals surface area contributed by atoms with Crippen LogP contribution in [0.2, 0.25) is 0 Å². The molecule has 2 saturated heterocycles. The quantitative estimate of drug-likeness (QED) is 0.723. The molecule has 0 aromatic heterocycles. The molecule has 2 aliphatic rings. The molecule has 0 radical (unpaired) electrons. The number of rotatable bonds is 5. The summed E-state index contributed by atoms with van der Waals surface area (Å²) in [5, 5.41) is 18.6. The summed E-state index contributed by atoms with van der Waals surface area (Å²) in [6.07, 6.45) is 3.74. The van der Waals surface area contributed by atoms with Crippen molar-refractivity contribution in [3.8, 4) is 0 Å². The van der Waals surface area contributed by atoms with Gasteiger partial charge in [0, 0.05) is 39.3 Å². The number of hydrogen-bond acceptors (Lipinski definition) is 5. The van der Waals surface area contributed by atoms with Crippen LogP contribution in [0.3, 0.4) is 0 Å². The van der Waals surface area contributed by atoms with Gasteiger partial charge in [0.05, 0.1) is 24.9 Å². The Morgan fingerprint density at radius 2 is 1.95 bits per heavy atom. The highest BCUT2D eigenvalue weighted by Gasteiger charge is 2.39. The molecule has 2 fully saturated rings. The third-order valence-corrected chi connectivity index (χ3v) is 4.53. The van der Waals surface area contributed by atoms with Crippen LogP contribution in [0.4, 0.5) is 0 Å². The minimum absolute atomic E-state index is 0.0467. The van der Waals surface area contributed by atoms with Gasteiger partial charge in [-0.25, -0.2) is 0 Å². The monoisotopic (exact) mass is 298 g/mol. The number of likely N-dealkylation sites (tertiary alicyclic amines) is 1. The molecular formula is C16H30N2O3. The van der Waals surface area contributed by atoms with E-state index < -0.39 is 6.10 Å². The zero-order chi connectivity index (χ0) is 15.3. The molecule has 21 heavy (non-hydrogen) atoms. The molecule has 5 nitrogen and oxygen atoms in total. The van der Waals surface area contributed by atoms with E-state index in [0.29, 0.717) is 6.54 Å². The smallest absolute Gasteiger partial charge is 0.0897 e. The molecule has 0 aromatic rings. The molecule has 0 aromatic carbocycles. The summed E-state index contributed by atoms with van der Waals surface area (Å²) < 4.78 is 6.10. The third kappa shape index (κ3) is 5.04. The minimum atomic E-state index is -0.641. The molecule has 2 heterocycles. The summed E-state index contributed by atoms with van der Waals surface area (Å²) in [4.78, 5) is 4.71. The van der Waals surface area contributed by atoms with Gasteiger partial charge in [0.1, 0.15) is 0 Å². The number of piperidine rings is 1. The van der Waals surface area contributed by atoms with Crippen LogP contribution in [0, 0.1) is 0 Å². The molecule has 1 atom stereocenters. The fraction of sp³-hybridized carbons (Fsp3) is 0.875. The zero-order valence-corrected chi connectivity index (χ0v) is 13.4. The van der Waals surface area contributed by atoms with Crippen LogP contribution in [0.25, 0.3) is 0 Å². The highest BCUT2D eigenvalue weighted by Crippen LogP contribution is 2.30. The number of aliphatic hydroxyl groups is 2. The number of allylic oxidation sites excluding steroid dienone is 1. The highest BCUT2D eigenvalue weighted by molar-refractivity contribution is 4.98. The summed E-state index contributed by atoms with van der Waals surface area (Å²) in [6, 6.07) is 0. The Balaban J connectivity index is 1.82. The van der Waals surface area contributed by atoms with E-state index >= 15 is 0 Å². The first-order valence-electron chi connectivity index (χ1n) is 8.04. The Kier molecular flexibility index (Phi) is 6.20. The van der Waals surface area contributed by atoms with Crippen molar-refractivity contribution in [1.82, 2.24) is 9.80 Å². The molecule has 1 spiro atoms. The van der Waals surface area contributed by atoms with Gasteiger partial charge < -0.3 is 14.9 Å². The first kappa shape index (κ1) is 16.9. The maximum Gasteiger partial charge on any atom is 0.0897 e. The number of β-amino-alcohol motifs (C(OH)–C–C–N with tert-alkyl or cyclic N) is 1. The van der Waals surface area contributed by atoms with E-state index in [1.54, 1.807) is 0 Å². The Morgan fingerprint density at radius 3 is 2.57 bits per heavy atom. The van der Waals surface area contributed by atoms with Crippen LogP contribution >= 0.6 is 0 Å². The average Bonchev–Trinajstić information content (AvgIpc) is 2.47. The Labute approximate surface area is 128 Å². The van der Waals surface area contributed by atoms with Gasteiger partial charge >= 0.3 is 0 Å². The molecule has 2 aliphatic heterocycles. The largest absolute Gasteiger partial charge is 0.394 e. The van der Waals surface area contributed by atoms with Crippen molar-refractivity contribution < 1.29 is 14.9 Å². The first-order valence-corrected chi connectivity index (χ1v) is 8.04. The van der Waals surface area contributed by atoms with Crippen molar-refractivity contribution in [2.24, 2.45) is 0 Å². The van der Waals surface area contributed by atoms with Crippen molar-refractivity contribution in [1.29, 1.82) is 0 Å². The van der Waals surface area contributed by atoms with E-state index in [-0.39, 0.29) is 12.2 Å². The summed E-state index contributed by atoms with van der Waals surface area (Å²) in [6.45, 7) is 10.3. The Morgan fingerprint density at radius 1 is 1.24 bits per heavy atom. The maximum atomic E-state index is 9.61. The van der Waals surface area contributed by atoms with Crippen molar-refractivity contribution in [2.45, 2.75) is 38.4 Å². The predicted octanol–water partition coefficient (Wildman–Crippen LogP) is 0.473. The van der Waals surface area contributed by atoms with Gasteiger partial charge in [-0.05, 0) is 26.7 Å². The minimum Gasteiger partial charge on any atom is -0.394 e. The lowest BCUT2D eigenvalue weighted by Gasteiger charge is -2.47. The number of morpholine rings is 1. The van der Waals surface area contributed by atoms with Gasteiger partial charge in [-0.15, -0.1) is 0 Å². The van der Waals surface area contributed by atoms with Crippen molar-refractivity contribution in [2.75, 3.05) is 52.5 Å². The molecule has 0 aliphatic carbocycles. The lowest BCUT2D eigenvalue weighted by Crippen LogP contribution is -2.57. The van der Waals surface area contributed by atoms with E-state index in [0.717, 1.165) is 52.2 Å². The number of hydrogen-bond donors (Lipinski definition) is 2. The first-order chi connectivity index (χ1) is 10.0. The summed E-state index contributed by atoms with van der Waals surface area (Å²) >= 11 is 0. The molecule has 0 bridgehead atoms. The fourth-order valence-electron chi connectivity index (χ4n) is 3.19. The second-order valence-electron chi connectivity index (χ2n) is 6.69. The number of nitrogens with zero attached hydrogens (tertiary/aromatic N) is 2. The van der Waals surface area contributed by atoms with Gasteiger partial charge in [-0.1, -0.05) is 11.6 Å². The molecular weight excluding hydrogens is 268 g/mol. The number of aliphatic hydroxyl groups excluding tert-OH is 2. The van der Waals surface area contributed by atoms with Crippen LogP contribution in [-0.4, -0.2) is 84.2 Å². The molecule has 122 valence electrons. The summed E-state index contributed by atoms with van der Waals surface area (Å²) in [5.74, 6) is 0. The van der Waals surface area contributed by atoms with Crippen molar-refractivity contribution >= 4 is 0 Å². The van der Waals surface area contributed by atoms with Gasteiger partial charge in [0.15, 0.2) is 0 Å². The standard InChI is InChI=1S/C16H30N2O3/c1-14(2)3-6-17-7-4-16(5-8-17)13-18(9-10-21-16)11-15(20)12-19/h3,15,19-20H,4-13H2,1-2H3/t15-/m0/s1. The molecule has 0 amide bonds. The lowest BCUT2D eigenvalue weighted by molar-refractivity contribution is -0.140. The molecule has 2 rings (SSSR count). The van der Waals surface area contributed by atoms with Crippen LogP contribution in [-0.2, 0) is 4.74 Å². The van der Waals surface area contributed by atoms with Crippen LogP contribution < -0.4 is 0 Å². The van der Waals surface area contributed by atoms with E-state index in [9.17, 15) is 5.11 Å². The molecule has 0 unspecified atom stereocenters. The van der Waals surface area contributed by atoms with Crippen LogP contribution in [0.15, 0.2) is 11.6 Å². The van der Waals surface area contributed by atoms with Crippen LogP contribution in [0.5, 0.6) is 0 Å². The van der Waals surface area contributed by atoms with E-state index in [1.807, 2.05) is 0 Å². The second-order valence-corrected chi connectivity index (χ2v) is 6.69. The fourth-order valence-corrected chi connectivity index (χ4v) is 3.19. The Hall–Kier alpha value is -0.460. The van der Waals surface area contributed by atoms with Gasteiger partial charge in [-0.2, -0.15) is 0 Å². The molecule has 2 N–H and O–H groups in total. The van der Waals surface area contributed by atoms with E-state index in [2.05, 4.69) is 29.7 Å². The zero-order valence-electron chi connectivity index (χ0n) is 13.4. The summed E-state index contributed by atoms with van der Waals surface area (Å²) in [5.41, 5.74) is 1.32. The number of ether oxygens (including phenoxy) is 1. The Bertz CT molecular complexity index is 347. The lowest BCUT2D eigenvalue weighted by atomic mass is 9.89. The predicted molar refractivity (Wildman–Crippen MR) is 83.3 cm³/mol. The second kappa shape index (κ2) is 7.70. The van der Waals surface area contributed by atoms with E-state index in [4.69, 9.17) is 9.84 Å². The highest BCUT2D eigenvalue weighted by atomic mass is 16.5. The SMILES string of the molecule is CC(C)=CCN1CCC2(CC1)CN(C[C@H](O)CO)CCO2. The van der Waals surface area contributed by atoms with Crippen molar-refractivity contribution in [3.63, 3.8) is 0 Å². The maximum absolute atomic E-state index is 9.61. The third-order valence-electron chi connectivity index (χ3n) is 4.53. The van der Waals surface area contributed by atoms with Crippen LogP contribution in [0.1, 0.15) is 26.7 Å². The average molecular weight is 298 g/mol.